The van der Waals surface area contributed by atoms with Crippen LogP contribution in [0.25, 0.3) is 11.1 Å². The van der Waals surface area contributed by atoms with Gasteiger partial charge in [0.25, 0.3) is 0 Å². The molecule has 22 heavy (non-hydrogen) atoms. The predicted molar refractivity (Wildman–Crippen MR) is 91.4 cm³/mol. The van der Waals surface area contributed by atoms with E-state index in [4.69, 9.17) is 9.47 Å². The van der Waals surface area contributed by atoms with E-state index in [0.29, 0.717) is 18.8 Å². The molecule has 2 rings (SSSR count). The van der Waals surface area contributed by atoms with Crippen molar-refractivity contribution in [2.45, 2.75) is 26.3 Å². The van der Waals surface area contributed by atoms with Crippen LogP contribution < -0.4 is 0 Å². The van der Waals surface area contributed by atoms with Gasteiger partial charge in [-0.1, -0.05) is 18.2 Å². The number of methoxy groups -OCH3 is 2. The maximum absolute atomic E-state index is 14.6. The van der Waals surface area contributed by atoms with Crippen LogP contribution in [0.5, 0.6) is 0 Å². The molecule has 2 aromatic rings. The van der Waals surface area contributed by atoms with E-state index in [1.807, 2.05) is 31.2 Å². The summed E-state index contributed by atoms with van der Waals surface area (Å²) in [5.74, 6) is -0.209. The van der Waals surface area contributed by atoms with Gasteiger partial charge in [0.15, 0.2) is 0 Å². The second kappa shape index (κ2) is 7.82. The van der Waals surface area contributed by atoms with Crippen molar-refractivity contribution in [2.24, 2.45) is 0 Å². The maximum Gasteiger partial charge on any atom is 0.131 e. The van der Waals surface area contributed by atoms with Crippen LogP contribution in [-0.4, -0.2) is 14.2 Å². The summed E-state index contributed by atoms with van der Waals surface area (Å²) in [6.45, 7) is 2.94. The summed E-state index contributed by atoms with van der Waals surface area (Å²) in [5.41, 5.74) is 5.49. The van der Waals surface area contributed by atoms with Gasteiger partial charge in [-0.25, -0.2) is 4.39 Å². The third-order valence-corrected chi connectivity index (χ3v) is 4.18. The Balaban J connectivity index is 2.58. The van der Waals surface area contributed by atoms with E-state index in [-0.39, 0.29) is 5.82 Å². The van der Waals surface area contributed by atoms with Gasteiger partial charge in [-0.15, -0.1) is 9.24 Å². The van der Waals surface area contributed by atoms with Crippen molar-refractivity contribution in [3.63, 3.8) is 0 Å². The molecule has 1 unspecified atom stereocenters. The number of ether oxygens (including phenoxy) is 2. The highest BCUT2D eigenvalue weighted by molar-refractivity contribution is 7.15. The molecule has 0 fully saturated rings. The van der Waals surface area contributed by atoms with Gasteiger partial charge in [-0.05, 0) is 53.0 Å². The summed E-state index contributed by atoms with van der Waals surface area (Å²) in [6, 6.07) is 9.55. The van der Waals surface area contributed by atoms with Crippen LogP contribution in [-0.2, 0) is 28.8 Å². The lowest BCUT2D eigenvalue weighted by Crippen LogP contribution is -2.00. The molecule has 0 heterocycles. The number of hydrogen-bond donors (Lipinski definition) is 0. The molecule has 0 aromatic heterocycles. The molecule has 0 aliphatic heterocycles. The first-order valence-electron chi connectivity index (χ1n) is 7.19. The lowest BCUT2D eigenvalue weighted by atomic mass is 9.94. The normalized spacial score (nSPS) is 11.0. The fourth-order valence-corrected chi connectivity index (χ4v) is 2.81. The van der Waals surface area contributed by atoms with Crippen LogP contribution in [0.15, 0.2) is 30.3 Å². The van der Waals surface area contributed by atoms with E-state index in [0.717, 1.165) is 34.0 Å². The second-order valence-corrected chi connectivity index (χ2v) is 5.73. The van der Waals surface area contributed by atoms with Crippen molar-refractivity contribution in [1.29, 1.82) is 0 Å². The van der Waals surface area contributed by atoms with Crippen molar-refractivity contribution in [2.75, 3.05) is 14.2 Å². The number of halogens is 1. The Labute approximate surface area is 133 Å². The standard InChI is InChI=1S/C18H22FO2P/c1-12-4-5-14(8-15(12)9-20-2)18-16(10-21-3)6-13(11-22)7-17(18)19/h4-8H,9-11,22H2,1-3H3. The van der Waals surface area contributed by atoms with E-state index in [1.165, 1.54) is 0 Å². The van der Waals surface area contributed by atoms with Crippen molar-refractivity contribution in [3.05, 3.63) is 58.4 Å². The van der Waals surface area contributed by atoms with Gasteiger partial charge in [0, 0.05) is 19.8 Å². The average molecular weight is 320 g/mol. The molecule has 2 nitrogen and oxygen atoms in total. The topological polar surface area (TPSA) is 18.5 Å². The summed E-state index contributed by atoms with van der Waals surface area (Å²) < 4.78 is 25.1. The van der Waals surface area contributed by atoms with Gasteiger partial charge in [0.05, 0.1) is 13.2 Å². The van der Waals surface area contributed by atoms with E-state index in [1.54, 1.807) is 20.3 Å². The number of rotatable bonds is 6. The molecule has 0 aliphatic rings. The zero-order chi connectivity index (χ0) is 16.1. The van der Waals surface area contributed by atoms with Gasteiger partial charge < -0.3 is 9.47 Å². The Bertz CT molecular complexity index is 656. The lowest BCUT2D eigenvalue weighted by Gasteiger charge is -2.15. The molecule has 0 N–H and O–H groups in total. The Hall–Kier alpha value is -1.28. The smallest absolute Gasteiger partial charge is 0.131 e. The van der Waals surface area contributed by atoms with Gasteiger partial charge >= 0.3 is 0 Å². The molecule has 0 saturated carbocycles. The summed E-state index contributed by atoms with van der Waals surface area (Å²) >= 11 is 0. The van der Waals surface area contributed by atoms with Gasteiger partial charge in [-0.2, -0.15) is 0 Å². The minimum absolute atomic E-state index is 0.209. The quantitative estimate of drug-likeness (QED) is 0.731. The maximum atomic E-state index is 14.6. The number of benzene rings is 2. The van der Waals surface area contributed by atoms with E-state index in [2.05, 4.69) is 9.24 Å². The van der Waals surface area contributed by atoms with Gasteiger partial charge in [0.2, 0.25) is 0 Å². The van der Waals surface area contributed by atoms with Crippen LogP contribution in [0, 0.1) is 12.7 Å². The minimum atomic E-state index is -0.209. The van der Waals surface area contributed by atoms with Crippen LogP contribution in [0.3, 0.4) is 0 Å². The third-order valence-electron chi connectivity index (χ3n) is 3.70. The summed E-state index contributed by atoms with van der Waals surface area (Å²) in [6.07, 6.45) is 0.719. The summed E-state index contributed by atoms with van der Waals surface area (Å²) in [7, 11) is 5.91. The van der Waals surface area contributed by atoms with Crippen LogP contribution in [0.2, 0.25) is 0 Å². The van der Waals surface area contributed by atoms with Crippen molar-refractivity contribution in [3.8, 4) is 11.1 Å². The second-order valence-electron chi connectivity index (χ2n) is 5.32. The lowest BCUT2D eigenvalue weighted by molar-refractivity contribution is 0.184. The molecular weight excluding hydrogens is 298 g/mol. The minimum Gasteiger partial charge on any atom is -0.380 e. The van der Waals surface area contributed by atoms with Crippen molar-refractivity contribution >= 4 is 9.24 Å². The Morgan fingerprint density at radius 1 is 1.00 bits per heavy atom. The fourth-order valence-electron chi connectivity index (χ4n) is 2.57. The van der Waals surface area contributed by atoms with Crippen LogP contribution >= 0.6 is 9.24 Å². The number of hydrogen-bond acceptors (Lipinski definition) is 2. The average Bonchev–Trinajstić information content (AvgIpc) is 2.50. The molecule has 0 bridgehead atoms. The van der Waals surface area contributed by atoms with E-state index < -0.39 is 0 Å². The van der Waals surface area contributed by atoms with E-state index >= 15 is 0 Å². The van der Waals surface area contributed by atoms with Crippen molar-refractivity contribution in [1.82, 2.24) is 0 Å². The molecule has 0 spiro atoms. The monoisotopic (exact) mass is 320 g/mol. The Morgan fingerprint density at radius 3 is 2.32 bits per heavy atom. The molecule has 1 atom stereocenters. The highest BCUT2D eigenvalue weighted by atomic mass is 31.0. The summed E-state index contributed by atoms with van der Waals surface area (Å²) in [4.78, 5) is 0. The van der Waals surface area contributed by atoms with Gasteiger partial charge in [0.1, 0.15) is 5.82 Å². The molecule has 0 saturated heterocycles. The molecule has 2 aromatic carbocycles. The fraction of sp³-hybridized carbons (Fsp3) is 0.333. The first-order chi connectivity index (χ1) is 10.6. The molecule has 4 heteroatoms. The largest absolute Gasteiger partial charge is 0.380 e. The predicted octanol–water partition coefficient (Wildman–Crippen LogP) is 4.47. The number of aryl methyl sites for hydroxylation is 1. The first-order valence-corrected chi connectivity index (χ1v) is 8.01. The third kappa shape index (κ3) is 3.73. The van der Waals surface area contributed by atoms with Crippen molar-refractivity contribution < 1.29 is 13.9 Å². The molecule has 0 amide bonds. The van der Waals surface area contributed by atoms with Gasteiger partial charge in [-0.3, -0.25) is 0 Å². The van der Waals surface area contributed by atoms with E-state index in [9.17, 15) is 4.39 Å². The highest BCUT2D eigenvalue weighted by Crippen LogP contribution is 2.31. The highest BCUT2D eigenvalue weighted by Gasteiger charge is 2.14. The zero-order valence-electron chi connectivity index (χ0n) is 13.3. The SMILES string of the molecule is COCc1cc(-c2c(F)cc(CP)cc2COC)ccc1C. The Kier molecular flexibility index (Phi) is 6.07. The zero-order valence-corrected chi connectivity index (χ0v) is 14.4. The van der Waals surface area contributed by atoms with Crippen LogP contribution in [0.4, 0.5) is 4.39 Å². The molecule has 0 aliphatic carbocycles. The Morgan fingerprint density at radius 2 is 1.68 bits per heavy atom. The first kappa shape index (κ1) is 17.1. The molecular formula is C18H22FO2P. The van der Waals surface area contributed by atoms with Crippen LogP contribution in [0.1, 0.15) is 22.3 Å². The molecule has 118 valence electrons. The molecule has 0 radical (unpaired) electrons. The summed E-state index contributed by atoms with van der Waals surface area (Å²) in [5, 5.41) is 0.